The molecular weight excluding hydrogens is 364 g/mol. The first-order chi connectivity index (χ1) is 14.1. The number of piperidine rings is 1. The molecule has 5 heteroatoms. The lowest BCUT2D eigenvalue weighted by atomic mass is 9.90. The minimum atomic E-state index is -0.761. The fourth-order valence-electron chi connectivity index (χ4n) is 3.49. The minimum absolute atomic E-state index is 0.250. The predicted molar refractivity (Wildman–Crippen MR) is 115 cm³/mol. The van der Waals surface area contributed by atoms with E-state index in [4.69, 9.17) is 15.2 Å². The maximum Gasteiger partial charge on any atom is 0.513 e. The number of hydrogen-bond donors (Lipinski definition) is 1. The molecule has 0 unspecified atom stereocenters. The van der Waals surface area contributed by atoms with Gasteiger partial charge in [-0.2, -0.15) is 0 Å². The van der Waals surface area contributed by atoms with E-state index in [2.05, 4.69) is 47.1 Å². The molecule has 5 nitrogen and oxygen atoms in total. The SMILES string of the molecule is CCOC(=O)Oc1cc(C#CCN2CCC(Cc3ccccc3)CC2)ccc1N. The Balaban J connectivity index is 1.48. The number of ether oxygens (including phenoxy) is 2. The van der Waals surface area contributed by atoms with Crippen LogP contribution in [0, 0.1) is 17.8 Å². The van der Waals surface area contributed by atoms with Crippen molar-refractivity contribution in [2.75, 3.05) is 32.0 Å². The van der Waals surface area contributed by atoms with Crippen LogP contribution in [0.4, 0.5) is 10.5 Å². The van der Waals surface area contributed by atoms with Crippen molar-refractivity contribution >= 4 is 11.8 Å². The lowest BCUT2D eigenvalue weighted by Crippen LogP contribution is -2.34. The van der Waals surface area contributed by atoms with Crippen molar-refractivity contribution in [3.05, 3.63) is 59.7 Å². The second kappa shape index (κ2) is 10.5. The number of benzene rings is 2. The molecule has 29 heavy (non-hydrogen) atoms. The van der Waals surface area contributed by atoms with E-state index >= 15 is 0 Å². The number of carbonyl (C=O) groups excluding carboxylic acids is 1. The third kappa shape index (κ3) is 6.55. The quantitative estimate of drug-likeness (QED) is 0.359. The molecule has 2 aromatic carbocycles. The van der Waals surface area contributed by atoms with Crippen LogP contribution >= 0.6 is 0 Å². The number of hydrogen-bond acceptors (Lipinski definition) is 5. The number of nitrogens with zero attached hydrogens (tertiary/aromatic N) is 1. The molecule has 3 rings (SSSR count). The van der Waals surface area contributed by atoms with E-state index in [1.807, 2.05) is 6.07 Å². The average molecular weight is 392 g/mol. The zero-order chi connectivity index (χ0) is 20.5. The molecule has 2 aromatic rings. The third-order valence-corrected chi connectivity index (χ3v) is 5.08. The molecule has 1 aliphatic rings. The van der Waals surface area contributed by atoms with Gasteiger partial charge in [-0.25, -0.2) is 4.79 Å². The van der Waals surface area contributed by atoms with Gasteiger partial charge in [0.2, 0.25) is 0 Å². The van der Waals surface area contributed by atoms with Crippen molar-refractivity contribution in [2.45, 2.75) is 26.2 Å². The highest BCUT2D eigenvalue weighted by atomic mass is 16.7. The van der Waals surface area contributed by atoms with Gasteiger partial charge in [0.05, 0.1) is 18.8 Å². The number of rotatable bonds is 5. The van der Waals surface area contributed by atoms with Crippen LogP contribution in [0.25, 0.3) is 0 Å². The minimum Gasteiger partial charge on any atom is -0.434 e. The summed E-state index contributed by atoms with van der Waals surface area (Å²) in [7, 11) is 0. The Labute approximate surface area is 172 Å². The van der Waals surface area contributed by atoms with Gasteiger partial charge in [0.25, 0.3) is 0 Å². The molecule has 0 saturated carbocycles. The van der Waals surface area contributed by atoms with Crippen LogP contribution < -0.4 is 10.5 Å². The average Bonchev–Trinajstić information content (AvgIpc) is 2.73. The first kappa shape index (κ1) is 20.8. The lowest BCUT2D eigenvalue weighted by Gasteiger charge is -2.30. The van der Waals surface area contributed by atoms with Crippen molar-refractivity contribution in [3.8, 4) is 17.6 Å². The smallest absolute Gasteiger partial charge is 0.434 e. The van der Waals surface area contributed by atoms with E-state index in [1.165, 1.54) is 18.4 Å². The monoisotopic (exact) mass is 392 g/mol. The largest absolute Gasteiger partial charge is 0.513 e. The third-order valence-electron chi connectivity index (χ3n) is 5.08. The first-order valence-corrected chi connectivity index (χ1v) is 10.1. The Morgan fingerprint density at radius 1 is 1.17 bits per heavy atom. The second-order valence-electron chi connectivity index (χ2n) is 7.25. The van der Waals surface area contributed by atoms with Gasteiger partial charge in [0.15, 0.2) is 5.75 Å². The maximum atomic E-state index is 11.5. The van der Waals surface area contributed by atoms with Crippen molar-refractivity contribution in [1.29, 1.82) is 0 Å². The summed E-state index contributed by atoms with van der Waals surface area (Å²) in [5.41, 5.74) is 8.42. The van der Waals surface area contributed by atoms with E-state index in [1.54, 1.807) is 19.1 Å². The van der Waals surface area contributed by atoms with Crippen molar-refractivity contribution in [3.63, 3.8) is 0 Å². The van der Waals surface area contributed by atoms with Gasteiger partial charge in [-0.3, -0.25) is 4.90 Å². The summed E-state index contributed by atoms with van der Waals surface area (Å²) >= 11 is 0. The second-order valence-corrected chi connectivity index (χ2v) is 7.25. The molecule has 1 saturated heterocycles. The topological polar surface area (TPSA) is 64.8 Å². The Hall–Kier alpha value is -2.97. The van der Waals surface area contributed by atoms with E-state index in [9.17, 15) is 4.79 Å². The predicted octanol–water partition coefficient (Wildman–Crippen LogP) is 4.11. The van der Waals surface area contributed by atoms with Gasteiger partial charge < -0.3 is 15.2 Å². The van der Waals surface area contributed by atoms with Crippen molar-refractivity contribution in [2.24, 2.45) is 5.92 Å². The Morgan fingerprint density at radius 3 is 2.66 bits per heavy atom. The van der Waals surface area contributed by atoms with Crippen LogP contribution in [0.1, 0.15) is 30.9 Å². The zero-order valence-electron chi connectivity index (χ0n) is 16.9. The Morgan fingerprint density at radius 2 is 1.93 bits per heavy atom. The van der Waals surface area contributed by atoms with Crippen LogP contribution in [0.2, 0.25) is 0 Å². The molecule has 0 atom stereocenters. The van der Waals surface area contributed by atoms with Gasteiger partial charge in [-0.1, -0.05) is 42.2 Å². The van der Waals surface area contributed by atoms with Crippen molar-refractivity contribution in [1.82, 2.24) is 4.90 Å². The Kier molecular flexibility index (Phi) is 7.54. The molecule has 0 bridgehead atoms. The fraction of sp³-hybridized carbons (Fsp3) is 0.375. The molecular formula is C24H28N2O3. The van der Waals surface area contributed by atoms with Crippen LogP contribution in [-0.2, 0) is 11.2 Å². The number of nitrogen functional groups attached to an aromatic ring is 1. The van der Waals surface area contributed by atoms with Gasteiger partial charge in [-0.05, 0) is 69.0 Å². The number of nitrogens with two attached hydrogens (primary N) is 1. The van der Waals surface area contributed by atoms with Crippen molar-refractivity contribution < 1.29 is 14.3 Å². The molecule has 2 N–H and O–H groups in total. The highest BCUT2D eigenvalue weighted by Gasteiger charge is 2.18. The number of anilines is 1. The molecule has 0 aliphatic carbocycles. The molecule has 1 aliphatic heterocycles. The Bertz CT molecular complexity index is 863. The molecule has 1 fully saturated rings. The van der Waals surface area contributed by atoms with Gasteiger partial charge in [0, 0.05) is 5.56 Å². The number of carbonyl (C=O) groups is 1. The molecule has 0 spiro atoms. The summed E-state index contributed by atoms with van der Waals surface area (Å²) in [6.45, 7) is 4.85. The van der Waals surface area contributed by atoms with Crippen LogP contribution in [0.3, 0.4) is 0 Å². The highest BCUT2D eigenvalue weighted by molar-refractivity contribution is 5.68. The fourth-order valence-corrected chi connectivity index (χ4v) is 3.49. The van der Waals surface area contributed by atoms with Crippen LogP contribution in [-0.4, -0.2) is 37.3 Å². The van der Waals surface area contributed by atoms with Crippen LogP contribution in [0.5, 0.6) is 5.75 Å². The molecule has 1 heterocycles. The highest BCUT2D eigenvalue weighted by Crippen LogP contribution is 2.23. The molecule has 152 valence electrons. The normalized spacial score (nSPS) is 14.7. The van der Waals surface area contributed by atoms with Gasteiger partial charge in [0.1, 0.15) is 0 Å². The van der Waals surface area contributed by atoms with E-state index in [0.29, 0.717) is 5.69 Å². The van der Waals surface area contributed by atoms with Crippen LogP contribution in [0.15, 0.2) is 48.5 Å². The summed E-state index contributed by atoms with van der Waals surface area (Å²) in [6.07, 6.45) is 2.81. The summed E-state index contributed by atoms with van der Waals surface area (Å²) in [5.74, 6) is 7.39. The molecule has 0 aromatic heterocycles. The lowest BCUT2D eigenvalue weighted by molar-refractivity contribution is 0.104. The molecule has 0 radical (unpaired) electrons. The molecule has 0 amide bonds. The number of likely N-dealkylation sites (tertiary alicyclic amines) is 1. The first-order valence-electron chi connectivity index (χ1n) is 10.1. The van der Waals surface area contributed by atoms with Gasteiger partial charge in [-0.15, -0.1) is 0 Å². The summed E-state index contributed by atoms with van der Waals surface area (Å²) < 4.78 is 9.91. The van der Waals surface area contributed by atoms with E-state index in [0.717, 1.165) is 37.5 Å². The summed E-state index contributed by atoms with van der Waals surface area (Å²) in [5, 5.41) is 0. The van der Waals surface area contributed by atoms with E-state index < -0.39 is 6.16 Å². The standard InChI is InChI=1S/C24H28N2O3/c1-2-28-24(27)29-23-18-20(10-11-22(23)25)9-6-14-26-15-12-21(13-16-26)17-19-7-4-3-5-8-19/h3-5,7-8,10-11,18,21H,2,12-17,25H2,1H3. The zero-order valence-corrected chi connectivity index (χ0v) is 16.9. The summed E-state index contributed by atoms with van der Waals surface area (Å²) in [6, 6.07) is 15.9. The van der Waals surface area contributed by atoms with Gasteiger partial charge >= 0.3 is 6.16 Å². The summed E-state index contributed by atoms with van der Waals surface area (Å²) in [4.78, 5) is 13.9. The van der Waals surface area contributed by atoms with E-state index in [-0.39, 0.29) is 12.4 Å². The maximum absolute atomic E-state index is 11.5.